The second-order valence-electron chi connectivity index (χ2n) is 27.9. The van der Waals surface area contributed by atoms with Crippen LogP contribution in [0.1, 0.15) is 148 Å². The number of likely N-dealkylation sites (tertiary alicyclic amines) is 2. The quantitative estimate of drug-likeness (QED) is 0.0478. The van der Waals surface area contributed by atoms with E-state index in [2.05, 4.69) is 44.1 Å². The number of ketones is 2. The van der Waals surface area contributed by atoms with Crippen molar-refractivity contribution in [2.24, 2.45) is 74.4 Å². The van der Waals surface area contributed by atoms with E-state index in [0.717, 1.165) is 25.7 Å². The Morgan fingerprint density at radius 1 is 0.575 bits per heavy atom. The SMILES string of the molecule is CC(C)(C)[C@H](N)C(=O)N1CC2[C@@H]([C@H]1C(=O)NC(CC1CC1)C(=O)C(N)=O)C2(C)C.CC(C)(C)[C@H](NC(=O)OC(C)(C)C(F)(F)F)C(=O)N1CC2[C@@H]([C@H]1C(=O)NC(CC1CC1)C(=O)C(N)=O)C2(C)C.CC(C)(OC(=O)ON1C(=O)CCC1=O)C(F)(F)F.Cl. The van der Waals surface area contributed by atoms with Gasteiger partial charge in [-0.05, 0) is 97.7 Å². The van der Waals surface area contributed by atoms with Crippen molar-refractivity contribution in [3.63, 3.8) is 0 Å². The highest BCUT2D eigenvalue weighted by Gasteiger charge is 2.71. The molecule has 3 aliphatic heterocycles. The highest BCUT2D eigenvalue weighted by molar-refractivity contribution is 6.38. The molecule has 4 aliphatic carbocycles. The summed E-state index contributed by atoms with van der Waals surface area (Å²) >= 11 is 0. The summed E-state index contributed by atoms with van der Waals surface area (Å²) in [5, 5.41) is 7.77. The smallest absolute Gasteiger partial charge is 0.434 e. The molecule has 0 aromatic carbocycles. The number of carbonyl (C=O) groups is 12. The topological polar surface area (TPSA) is 356 Å². The number of nitrogens with two attached hydrogens (primary N) is 3. The number of fused-ring (bicyclic) bond motifs is 2. The number of alkyl halides is 6. The molecular formula is C56H84ClF6N9O15. The average molecular weight is 1270 g/mol. The predicted octanol–water partition coefficient (Wildman–Crippen LogP) is 4.44. The van der Waals surface area contributed by atoms with Crippen LogP contribution in [-0.4, -0.2) is 159 Å². The summed E-state index contributed by atoms with van der Waals surface area (Å²) in [6.07, 6.45) is -8.78. The Hall–Kier alpha value is -6.33. The van der Waals surface area contributed by atoms with Crippen LogP contribution in [0.25, 0.3) is 0 Å². The van der Waals surface area contributed by atoms with Gasteiger partial charge in [0, 0.05) is 25.9 Å². The van der Waals surface area contributed by atoms with Gasteiger partial charge in [-0.2, -0.15) is 26.3 Å². The molecule has 7 rings (SSSR count). The summed E-state index contributed by atoms with van der Waals surface area (Å²) in [7, 11) is 0. The number of amides is 9. The Morgan fingerprint density at radius 2 is 0.931 bits per heavy atom. The van der Waals surface area contributed by atoms with Crippen LogP contribution in [0.5, 0.6) is 0 Å². The van der Waals surface area contributed by atoms with Crippen LogP contribution in [-0.2, 0) is 62.3 Å². The number of nitrogens with zero attached hydrogens (tertiary/aromatic N) is 3. The van der Waals surface area contributed by atoms with Gasteiger partial charge in [-0.15, -0.1) is 12.4 Å². The fourth-order valence-electron chi connectivity index (χ4n) is 11.1. The number of hydrogen-bond acceptors (Lipinski definition) is 16. The third-order valence-electron chi connectivity index (χ3n) is 17.6. The van der Waals surface area contributed by atoms with Crippen LogP contribution >= 0.6 is 12.4 Å². The number of piperidine rings is 2. The molecule has 24 nitrogen and oxygen atoms in total. The molecule has 87 heavy (non-hydrogen) atoms. The molecule has 0 aromatic heterocycles. The van der Waals surface area contributed by atoms with Crippen LogP contribution in [0, 0.1) is 57.2 Å². The molecule has 4 unspecified atom stereocenters. The van der Waals surface area contributed by atoms with Gasteiger partial charge in [-0.25, -0.2) is 9.59 Å². The number of nitrogens with one attached hydrogen (secondary N) is 3. The summed E-state index contributed by atoms with van der Waals surface area (Å²) in [5.41, 5.74) is 9.26. The van der Waals surface area contributed by atoms with Crippen LogP contribution in [0.15, 0.2) is 0 Å². The standard InChI is InChI=1S/C26H39F3N4O6.C21H34N4O4.C9H10F3NO5.ClH/c1-23(2,3)18(32-22(38)39-25(6,7)26(27,28)29)21(37)33-11-13-15(24(13,4)5)16(33)20(36)31-14(10-12-8-9-12)17(34)19(30)35;1-20(2,3)16(22)19(29)25-9-11-13(21(11,4)5)14(25)18(28)24-12(8-10-6-7-10)15(26)17(23)27;1-8(2,9(10,11)12)17-7(16)18-13-5(14)3-4-6(13)15;/h12-16,18H,8-11H2,1-7H3,(H2,30,35)(H,31,36)(H,32,38);10-14,16H,6-9,22H2,1-5H3,(H2,23,27)(H,24,28);3-4H2,1-2H3;1H/t13?,14?,15-,16-,18+;11?,12?,13-,14-,16+;;/m00../s1. The molecule has 9 amide bonds. The van der Waals surface area contributed by atoms with Crippen LogP contribution < -0.4 is 33.2 Å². The maximum atomic E-state index is 13.8. The molecule has 31 heteroatoms. The van der Waals surface area contributed by atoms with Crippen molar-refractivity contribution in [3.05, 3.63) is 0 Å². The van der Waals surface area contributed by atoms with E-state index >= 15 is 0 Å². The summed E-state index contributed by atoms with van der Waals surface area (Å²) < 4.78 is 85.5. The lowest BCUT2D eigenvalue weighted by atomic mass is 9.85. The highest BCUT2D eigenvalue weighted by atomic mass is 35.5. The van der Waals surface area contributed by atoms with E-state index in [4.69, 9.17) is 17.2 Å². The lowest BCUT2D eigenvalue weighted by Crippen LogP contribution is -2.61. The van der Waals surface area contributed by atoms with Crippen molar-refractivity contribution < 1.29 is 98.2 Å². The van der Waals surface area contributed by atoms with Gasteiger partial charge in [-0.3, -0.25) is 52.8 Å². The summed E-state index contributed by atoms with van der Waals surface area (Å²) in [6, 6.07) is -5.78. The van der Waals surface area contributed by atoms with E-state index in [1.807, 2.05) is 34.6 Å². The van der Waals surface area contributed by atoms with E-state index < -0.39 is 136 Å². The first-order valence-electron chi connectivity index (χ1n) is 28.4. The van der Waals surface area contributed by atoms with E-state index in [9.17, 15) is 83.9 Å². The maximum absolute atomic E-state index is 13.8. The van der Waals surface area contributed by atoms with Crippen molar-refractivity contribution in [1.29, 1.82) is 0 Å². The summed E-state index contributed by atoms with van der Waals surface area (Å²) in [5.74, 6) is -6.96. The molecule has 0 radical (unpaired) electrons. The normalized spacial score (nSPS) is 24.9. The second kappa shape index (κ2) is 25.6. The molecule has 3 heterocycles. The fraction of sp³-hybridized carbons (Fsp3) is 0.786. The molecule has 0 aromatic rings. The Morgan fingerprint density at radius 3 is 1.25 bits per heavy atom. The van der Waals surface area contributed by atoms with Gasteiger partial charge in [0.2, 0.25) is 46.4 Å². The predicted molar refractivity (Wildman–Crippen MR) is 296 cm³/mol. The molecule has 3 saturated heterocycles. The van der Waals surface area contributed by atoms with Crippen molar-refractivity contribution in [3.8, 4) is 0 Å². The number of alkyl carbamates (subject to hydrolysis) is 1. The second-order valence-corrected chi connectivity index (χ2v) is 27.9. The van der Waals surface area contributed by atoms with Gasteiger partial charge >= 0.3 is 24.6 Å². The third-order valence-corrected chi connectivity index (χ3v) is 17.6. The Kier molecular flexibility index (Phi) is 21.6. The highest BCUT2D eigenvalue weighted by Crippen LogP contribution is 2.66. The van der Waals surface area contributed by atoms with Gasteiger partial charge in [0.15, 0.2) is 0 Å². The maximum Gasteiger partial charge on any atom is 0.534 e. The van der Waals surface area contributed by atoms with Crippen LogP contribution in [0.2, 0.25) is 0 Å². The minimum absolute atomic E-state index is 0. The average Bonchev–Trinajstić information content (AvgIpc) is 1.54. The van der Waals surface area contributed by atoms with Gasteiger partial charge in [0.05, 0.1) is 18.1 Å². The number of Topliss-reactive ketones (excluding diaryl/α,β-unsaturated/α-hetero) is 2. The number of hydroxylamine groups is 2. The van der Waals surface area contributed by atoms with E-state index in [-0.39, 0.29) is 89.6 Å². The molecule has 7 fully saturated rings. The van der Waals surface area contributed by atoms with Gasteiger partial charge < -0.3 is 52.4 Å². The number of imide groups is 1. The first-order valence-corrected chi connectivity index (χ1v) is 28.4. The summed E-state index contributed by atoms with van der Waals surface area (Å²) in [6.45, 7) is 21.9. The zero-order valence-electron chi connectivity index (χ0n) is 51.4. The number of halogens is 7. The zero-order chi connectivity index (χ0) is 65.9. The van der Waals surface area contributed by atoms with Gasteiger partial charge in [0.1, 0.15) is 18.1 Å². The molecule has 10 atom stereocenters. The minimum Gasteiger partial charge on any atom is -0.434 e. The number of rotatable bonds is 18. The first kappa shape index (κ1) is 73.1. The van der Waals surface area contributed by atoms with Crippen molar-refractivity contribution in [2.75, 3.05) is 13.1 Å². The molecule has 492 valence electrons. The number of ether oxygens (including phenoxy) is 2. The molecule has 0 spiro atoms. The zero-order valence-corrected chi connectivity index (χ0v) is 52.2. The first-order chi connectivity index (χ1) is 38.9. The molecule has 9 N–H and O–H groups in total. The monoisotopic (exact) mass is 1270 g/mol. The number of hydrogen-bond donors (Lipinski definition) is 6. The molecule has 4 saturated carbocycles. The number of carbonyl (C=O) groups excluding carboxylic acids is 12. The Labute approximate surface area is 506 Å². The van der Waals surface area contributed by atoms with Crippen LogP contribution in [0.3, 0.4) is 0 Å². The lowest BCUT2D eigenvalue weighted by molar-refractivity contribution is -0.256. The van der Waals surface area contributed by atoms with Crippen molar-refractivity contribution >= 4 is 83.5 Å². The number of primary amides is 2. The van der Waals surface area contributed by atoms with E-state index in [1.165, 1.54) is 4.90 Å². The Balaban J connectivity index is 0.000000297. The Bertz CT molecular complexity index is 2720. The molecule has 7 aliphatic rings. The lowest BCUT2D eigenvalue weighted by Gasteiger charge is -2.38. The van der Waals surface area contributed by atoms with Crippen LogP contribution in [0.4, 0.5) is 35.9 Å². The molecular weight excluding hydrogens is 1190 g/mol. The van der Waals surface area contributed by atoms with E-state index in [1.54, 1.807) is 25.7 Å². The van der Waals surface area contributed by atoms with E-state index in [0.29, 0.717) is 46.6 Å². The van der Waals surface area contributed by atoms with Crippen molar-refractivity contribution in [1.82, 2.24) is 30.8 Å². The van der Waals surface area contributed by atoms with Gasteiger partial charge in [0.25, 0.3) is 23.6 Å². The third kappa shape index (κ3) is 16.9. The fourth-order valence-corrected chi connectivity index (χ4v) is 11.1. The molecule has 0 bridgehead atoms. The largest absolute Gasteiger partial charge is 0.534 e. The summed E-state index contributed by atoms with van der Waals surface area (Å²) in [4.78, 5) is 154. The minimum atomic E-state index is -4.84. The van der Waals surface area contributed by atoms with Crippen molar-refractivity contribution in [2.45, 2.75) is 208 Å². The van der Waals surface area contributed by atoms with Gasteiger partial charge in [-0.1, -0.05) is 100.0 Å².